The number of nitrogens with one attached hydrogen (secondary N) is 1. The molecular weight excluding hydrogens is 270 g/mol. The van der Waals surface area contributed by atoms with Gasteiger partial charge in [-0.15, -0.1) is 0 Å². The van der Waals surface area contributed by atoms with Gasteiger partial charge in [0.25, 0.3) is 0 Å². The molecule has 0 radical (unpaired) electrons. The molecule has 3 rings (SSSR count). The predicted molar refractivity (Wildman–Crippen MR) is 88.4 cm³/mol. The largest absolute Gasteiger partial charge is 0.312 e. The molecule has 0 spiro atoms. The summed E-state index contributed by atoms with van der Waals surface area (Å²) in [5.74, 6) is 4.74. The van der Waals surface area contributed by atoms with E-state index in [0.29, 0.717) is 6.04 Å². The fourth-order valence-electron chi connectivity index (χ4n) is 2.98. The first kappa shape index (κ1) is 13.8. The van der Waals surface area contributed by atoms with Crippen LogP contribution in [0.25, 0.3) is 0 Å². The first-order valence-corrected chi connectivity index (χ1v) is 9.55. The van der Waals surface area contributed by atoms with Gasteiger partial charge in [0.2, 0.25) is 0 Å². The molecule has 1 aromatic rings. The van der Waals surface area contributed by atoms with Gasteiger partial charge < -0.3 is 5.32 Å². The second-order valence-electron chi connectivity index (χ2n) is 5.54. The summed E-state index contributed by atoms with van der Waals surface area (Å²) >= 11 is 4.23. The van der Waals surface area contributed by atoms with E-state index < -0.39 is 0 Å². The van der Waals surface area contributed by atoms with Crippen LogP contribution in [0.4, 0.5) is 0 Å². The second kappa shape index (κ2) is 6.55. The molecule has 1 aromatic carbocycles. The van der Waals surface area contributed by atoms with Gasteiger partial charge in [0.1, 0.15) is 0 Å². The molecule has 2 atom stereocenters. The highest BCUT2D eigenvalue weighted by molar-refractivity contribution is 8.06. The second-order valence-corrected chi connectivity index (χ2v) is 8.04. The molecule has 0 aromatic heterocycles. The summed E-state index contributed by atoms with van der Waals surface area (Å²) in [6, 6.07) is 9.95. The van der Waals surface area contributed by atoms with E-state index in [1.54, 1.807) is 5.56 Å². The van der Waals surface area contributed by atoms with Crippen molar-refractivity contribution < 1.29 is 0 Å². The van der Waals surface area contributed by atoms with Crippen LogP contribution in [0.1, 0.15) is 42.3 Å². The van der Waals surface area contributed by atoms with Gasteiger partial charge in [-0.25, -0.2) is 0 Å². The van der Waals surface area contributed by atoms with Crippen molar-refractivity contribution in [2.24, 2.45) is 0 Å². The minimum atomic E-state index is 0.508. The molecule has 0 bridgehead atoms. The van der Waals surface area contributed by atoms with E-state index in [9.17, 15) is 0 Å². The maximum Gasteiger partial charge on any atom is 0.0446 e. The van der Waals surface area contributed by atoms with Crippen LogP contribution in [0.3, 0.4) is 0 Å². The maximum absolute atomic E-state index is 3.53. The molecule has 2 aliphatic rings. The zero-order chi connectivity index (χ0) is 13.1. The maximum atomic E-state index is 3.53. The Morgan fingerprint density at radius 3 is 2.47 bits per heavy atom. The minimum absolute atomic E-state index is 0.508. The number of rotatable bonds is 4. The number of hydrogen-bond donors (Lipinski definition) is 1. The molecule has 1 saturated carbocycles. The van der Waals surface area contributed by atoms with E-state index in [2.05, 4.69) is 60.2 Å². The van der Waals surface area contributed by atoms with Gasteiger partial charge in [-0.3, -0.25) is 0 Å². The van der Waals surface area contributed by atoms with Crippen molar-refractivity contribution in [3.63, 3.8) is 0 Å². The summed E-state index contributed by atoms with van der Waals surface area (Å²) in [5, 5.41) is 4.25. The van der Waals surface area contributed by atoms with Crippen molar-refractivity contribution in [2.45, 2.75) is 36.5 Å². The SMILES string of the molecule is CNC(c1ccc(C2CCC2)cc1)C1CSCCS1. The van der Waals surface area contributed by atoms with E-state index in [0.717, 1.165) is 11.2 Å². The van der Waals surface area contributed by atoms with Crippen molar-refractivity contribution >= 4 is 23.5 Å². The van der Waals surface area contributed by atoms with Crippen molar-refractivity contribution in [3.8, 4) is 0 Å². The molecule has 1 aliphatic carbocycles. The standard InChI is InChI=1S/C16H23NS2/c1-17-16(15-11-18-9-10-19-15)14-7-5-13(6-8-14)12-3-2-4-12/h5-8,12,15-17H,2-4,9-11H2,1H3. The van der Waals surface area contributed by atoms with Crippen LogP contribution < -0.4 is 5.32 Å². The molecule has 104 valence electrons. The van der Waals surface area contributed by atoms with Crippen LogP contribution in [0.5, 0.6) is 0 Å². The Morgan fingerprint density at radius 1 is 1.16 bits per heavy atom. The molecule has 3 heteroatoms. The van der Waals surface area contributed by atoms with E-state index >= 15 is 0 Å². The average molecular weight is 294 g/mol. The van der Waals surface area contributed by atoms with Crippen molar-refractivity contribution in [3.05, 3.63) is 35.4 Å². The van der Waals surface area contributed by atoms with Crippen LogP contribution in [0.15, 0.2) is 24.3 Å². The lowest BCUT2D eigenvalue weighted by Crippen LogP contribution is -2.31. The highest BCUT2D eigenvalue weighted by Crippen LogP contribution is 2.38. The highest BCUT2D eigenvalue weighted by Gasteiger charge is 2.25. The minimum Gasteiger partial charge on any atom is -0.312 e. The van der Waals surface area contributed by atoms with Crippen molar-refractivity contribution in [1.29, 1.82) is 0 Å². The van der Waals surface area contributed by atoms with Crippen LogP contribution >= 0.6 is 23.5 Å². The van der Waals surface area contributed by atoms with Crippen molar-refractivity contribution in [1.82, 2.24) is 5.32 Å². The summed E-state index contributed by atoms with van der Waals surface area (Å²) in [6.45, 7) is 0. The van der Waals surface area contributed by atoms with Gasteiger partial charge in [-0.05, 0) is 36.9 Å². The molecule has 2 unspecified atom stereocenters. The summed E-state index contributed by atoms with van der Waals surface area (Å²) < 4.78 is 0. The highest BCUT2D eigenvalue weighted by atomic mass is 32.2. The lowest BCUT2D eigenvalue weighted by atomic mass is 9.80. The summed E-state index contributed by atoms with van der Waals surface area (Å²) in [4.78, 5) is 0. The van der Waals surface area contributed by atoms with Crippen LogP contribution in [-0.4, -0.2) is 29.6 Å². The summed E-state index contributed by atoms with van der Waals surface area (Å²) in [7, 11) is 2.10. The van der Waals surface area contributed by atoms with Crippen LogP contribution in [-0.2, 0) is 0 Å². The summed E-state index contributed by atoms with van der Waals surface area (Å²) in [5.41, 5.74) is 3.01. The molecule has 1 aliphatic heterocycles. The molecular formula is C16H23NS2. The Labute approximate surface area is 125 Å². The molecule has 1 N–H and O–H groups in total. The fourth-order valence-corrected chi connectivity index (χ4v) is 5.89. The van der Waals surface area contributed by atoms with Gasteiger partial charge in [-0.1, -0.05) is 30.7 Å². The predicted octanol–water partition coefficient (Wildman–Crippen LogP) is 4.06. The third-order valence-electron chi connectivity index (χ3n) is 4.40. The first-order valence-electron chi connectivity index (χ1n) is 7.35. The Kier molecular flexibility index (Phi) is 4.78. The zero-order valence-electron chi connectivity index (χ0n) is 11.6. The Morgan fingerprint density at radius 2 is 1.95 bits per heavy atom. The van der Waals surface area contributed by atoms with Crippen LogP contribution in [0, 0.1) is 0 Å². The lowest BCUT2D eigenvalue weighted by Gasteiger charge is -2.30. The summed E-state index contributed by atoms with van der Waals surface area (Å²) in [6.07, 6.45) is 4.20. The quantitative estimate of drug-likeness (QED) is 0.899. The average Bonchev–Trinajstić information content (AvgIpc) is 2.41. The molecule has 0 amide bonds. The van der Waals surface area contributed by atoms with Crippen LogP contribution in [0.2, 0.25) is 0 Å². The normalized spacial score (nSPS) is 25.8. The third-order valence-corrected chi connectivity index (χ3v) is 7.26. The monoisotopic (exact) mass is 293 g/mol. The fraction of sp³-hybridized carbons (Fsp3) is 0.625. The first-order chi connectivity index (χ1) is 9.38. The number of thioether (sulfide) groups is 2. The molecule has 1 saturated heterocycles. The van der Waals surface area contributed by atoms with Gasteiger partial charge >= 0.3 is 0 Å². The number of hydrogen-bond acceptors (Lipinski definition) is 3. The van der Waals surface area contributed by atoms with Gasteiger partial charge in [0, 0.05) is 28.6 Å². The zero-order valence-corrected chi connectivity index (χ0v) is 13.2. The molecule has 1 heterocycles. The topological polar surface area (TPSA) is 12.0 Å². The van der Waals surface area contributed by atoms with E-state index in [-0.39, 0.29) is 0 Å². The molecule has 1 nitrogen and oxygen atoms in total. The van der Waals surface area contributed by atoms with E-state index in [4.69, 9.17) is 0 Å². The van der Waals surface area contributed by atoms with E-state index in [1.807, 2.05) is 0 Å². The number of benzene rings is 1. The van der Waals surface area contributed by atoms with Gasteiger partial charge in [-0.2, -0.15) is 23.5 Å². The Bertz CT molecular complexity index is 394. The van der Waals surface area contributed by atoms with E-state index in [1.165, 1.54) is 42.1 Å². The molecule has 19 heavy (non-hydrogen) atoms. The Hall–Kier alpha value is -0.120. The van der Waals surface area contributed by atoms with Gasteiger partial charge in [0.05, 0.1) is 0 Å². The lowest BCUT2D eigenvalue weighted by molar-refractivity contribution is 0.419. The Balaban J connectivity index is 1.71. The molecule has 2 fully saturated rings. The smallest absolute Gasteiger partial charge is 0.0446 e. The van der Waals surface area contributed by atoms with Crippen molar-refractivity contribution in [2.75, 3.05) is 24.3 Å². The van der Waals surface area contributed by atoms with Gasteiger partial charge in [0.15, 0.2) is 0 Å². The third kappa shape index (κ3) is 3.14.